The van der Waals surface area contributed by atoms with Crippen molar-refractivity contribution in [3.8, 4) is 17.2 Å². The van der Waals surface area contributed by atoms with Crippen molar-refractivity contribution >= 4 is 39.2 Å². The zero-order chi connectivity index (χ0) is 19.5. The lowest BCUT2D eigenvalue weighted by atomic mass is 10.2. The standard InChI is InChI=1S/C20H20N2O4S2/c1-24-13-7-8-14-18(11-13)28-20(22(14)9-10-27-2)21-19(23)17-12-25-15-5-3-4-6-16(15)26-17/h3-8,11,17H,9-10,12H2,1-2H3. The Kier molecular flexibility index (Phi) is 5.59. The average Bonchev–Trinajstić information content (AvgIpc) is 3.07. The SMILES string of the molecule is COc1ccc2c(c1)sc(=NC(=O)C1COc3ccccc3O1)n2CCSC. The number of methoxy groups -OCH3 is 1. The molecule has 0 bridgehead atoms. The van der Waals surface area contributed by atoms with Crippen LogP contribution in [0.15, 0.2) is 47.5 Å². The maximum absolute atomic E-state index is 12.8. The summed E-state index contributed by atoms with van der Waals surface area (Å²) in [6.07, 6.45) is 1.31. The van der Waals surface area contributed by atoms with E-state index in [1.807, 2.05) is 36.4 Å². The van der Waals surface area contributed by atoms with Crippen molar-refractivity contribution in [2.75, 3.05) is 25.7 Å². The molecule has 1 aromatic heterocycles. The lowest BCUT2D eigenvalue weighted by Crippen LogP contribution is -2.36. The van der Waals surface area contributed by atoms with Gasteiger partial charge in [-0.25, -0.2) is 0 Å². The highest BCUT2D eigenvalue weighted by Crippen LogP contribution is 2.31. The van der Waals surface area contributed by atoms with Crippen LogP contribution in [0, 0.1) is 0 Å². The molecule has 0 N–H and O–H groups in total. The largest absolute Gasteiger partial charge is 0.497 e. The van der Waals surface area contributed by atoms with E-state index in [0.29, 0.717) is 16.3 Å². The molecule has 3 aromatic rings. The number of hydrogen-bond acceptors (Lipinski definition) is 6. The molecule has 4 rings (SSSR count). The molecule has 1 aliphatic heterocycles. The number of fused-ring (bicyclic) bond motifs is 2. The van der Waals surface area contributed by atoms with Crippen molar-refractivity contribution in [1.29, 1.82) is 0 Å². The molecule has 0 aliphatic carbocycles. The van der Waals surface area contributed by atoms with Gasteiger partial charge in [-0.3, -0.25) is 4.79 Å². The molecule has 6 nitrogen and oxygen atoms in total. The first-order valence-electron chi connectivity index (χ1n) is 8.83. The number of carbonyl (C=O) groups excluding carboxylic acids is 1. The molecule has 1 aliphatic rings. The average molecular weight is 417 g/mol. The quantitative estimate of drug-likeness (QED) is 0.638. The minimum absolute atomic E-state index is 0.156. The maximum Gasteiger partial charge on any atom is 0.292 e. The van der Waals surface area contributed by atoms with Crippen LogP contribution in [0.1, 0.15) is 0 Å². The van der Waals surface area contributed by atoms with Gasteiger partial charge >= 0.3 is 0 Å². The summed E-state index contributed by atoms with van der Waals surface area (Å²) >= 11 is 3.22. The predicted molar refractivity (Wildman–Crippen MR) is 112 cm³/mol. The van der Waals surface area contributed by atoms with Gasteiger partial charge in [0.25, 0.3) is 5.91 Å². The minimum atomic E-state index is -0.747. The lowest BCUT2D eigenvalue weighted by molar-refractivity contribution is -0.127. The summed E-state index contributed by atoms with van der Waals surface area (Å²) < 4.78 is 19.9. The van der Waals surface area contributed by atoms with E-state index in [0.717, 1.165) is 28.3 Å². The summed E-state index contributed by atoms with van der Waals surface area (Å²) in [6, 6.07) is 13.2. The lowest BCUT2D eigenvalue weighted by Gasteiger charge is -2.23. The van der Waals surface area contributed by atoms with Gasteiger partial charge < -0.3 is 18.8 Å². The Morgan fingerprint density at radius 1 is 1.32 bits per heavy atom. The molecule has 2 aromatic carbocycles. The fourth-order valence-corrected chi connectivity index (χ4v) is 4.43. The van der Waals surface area contributed by atoms with Crippen LogP contribution >= 0.6 is 23.1 Å². The third-order valence-corrected chi connectivity index (χ3v) is 6.03. The van der Waals surface area contributed by atoms with Gasteiger partial charge in [-0.15, -0.1) is 0 Å². The predicted octanol–water partition coefficient (Wildman–Crippen LogP) is 3.34. The first-order valence-corrected chi connectivity index (χ1v) is 11.0. The van der Waals surface area contributed by atoms with Crippen LogP contribution in [0.25, 0.3) is 10.2 Å². The highest BCUT2D eigenvalue weighted by atomic mass is 32.2. The van der Waals surface area contributed by atoms with Crippen LogP contribution in [-0.4, -0.2) is 42.3 Å². The topological polar surface area (TPSA) is 62.1 Å². The van der Waals surface area contributed by atoms with Gasteiger partial charge in [0.15, 0.2) is 16.3 Å². The van der Waals surface area contributed by atoms with Crippen molar-refractivity contribution in [3.05, 3.63) is 47.3 Å². The highest BCUT2D eigenvalue weighted by molar-refractivity contribution is 7.98. The smallest absolute Gasteiger partial charge is 0.292 e. The normalized spacial score (nSPS) is 16.4. The second-order valence-electron chi connectivity index (χ2n) is 6.18. The van der Waals surface area contributed by atoms with E-state index in [1.165, 1.54) is 11.3 Å². The Hall–Kier alpha value is -2.45. The van der Waals surface area contributed by atoms with Crippen LogP contribution in [0.4, 0.5) is 0 Å². The van der Waals surface area contributed by atoms with Crippen LogP contribution in [-0.2, 0) is 11.3 Å². The molecule has 0 fully saturated rings. The molecule has 1 atom stereocenters. The van der Waals surface area contributed by atoms with Crippen molar-refractivity contribution in [2.24, 2.45) is 4.99 Å². The number of para-hydroxylation sites is 2. The number of rotatable bonds is 5. The summed E-state index contributed by atoms with van der Waals surface area (Å²) in [5.41, 5.74) is 1.04. The monoisotopic (exact) mass is 416 g/mol. The molecule has 8 heteroatoms. The Labute approximate surface area is 170 Å². The molecule has 28 heavy (non-hydrogen) atoms. The number of ether oxygens (including phenoxy) is 3. The molecular formula is C20H20N2O4S2. The molecule has 2 heterocycles. The Morgan fingerprint density at radius 2 is 2.14 bits per heavy atom. The molecule has 0 saturated carbocycles. The molecule has 0 radical (unpaired) electrons. The Morgan fingerprint density at radius 3 is 2.93 bits per heavy atom. The van der Waals surface area contributed by atoms with E-state index in [2.05, 4.69) is 15.8 Å². The van der Waals surface area contributed by atoms with Crippen molar-refractivity contribution in [3.63, 3.8) is 0 Å². The van der Waals surface area contributed by atoms with Crippen molar-refractivity contribution < 1.29 is 19.0 Å². The van der Waals surface area contributed by atoms with E-state index in [9.17, 15) is 4.79 Å². The maximum atomic E-state index is 12.8. The van der Waals surface area contributed by atoms with E-state index in [1.54, 1.807) is 24.9 Å². The summed E-state index contributed by atoms with van der Waals surface area (Å²) in [5, 5.41) is 0. The van der Waals surface area contributed by atoms with Crippen LogP contribution in [0.2, 0.25) is 0 Å². The first-order chi connectivity index (χ1) is 13.7. The number of nitrogens with zero attached hydrogens (tertiary/aromatic N) is 2. The van der Waals surface area contributed by atoms with Gasteiger partial charge in [-0.1, -0.05) is 23.5 Å². The fraction of sp³-hybridized carbons (Fsp3) is 0.300. The zero-order valence-electron chi connectivity index (χ0n) is 15.6. The molecular weight excluding hydrogens is 396 g/mol. The van der Waals surface area contributed by atoms with Crippen LogP contribution in [0.5, 0.6) is 17.2 Å². The van der Waals surface area contributed by atoms with Gasteiger partial charge in [0, 0.05) is 12.3 Å². The van der Waals surface area contributed by atoms with E-state index < -0.39 is 6.10 Å². The van der Waals surface area contributed by atoms with Crippen LogP contribution in [0.3, 0.4) is 0 Å². The van der Waals surface area contributed by atoms with Gasteiger partial charge in [-0.05, 0) is 36.6 Å². The highest BCUT2D eigenvalue weighted by Gasteiger charge is 2.27. The van der Waals surface area contributed by atoms with Gasteiger partial charge in [0.1, 0.15) is 12.4 Å². The summed E-state index contributed by atoms with van der Waals surface area (Å²) in [5.74, 6) is 2.58. The summed E-state index contributed by atoms with van der Waals surface area (Å²) in [4.78, 5) is 17.8. The minimum Gasteiger partial charge on any atom is -0.497 e. The molecule has 0 spiro atoms. The molecule has 0 saturated heterocycles. The number of thioether (sulfide) groups is 1. The van der Waals surface area contributed by atoms with E-state index in [-0.39, 0.29) is 12.5 Å². The molecule has 1 unspecified atom stereocenters. The van der Waals surface area contributed by atoms with E-state index >= 15 is 0 Å². The van der Waals surface area contributed by atoms with E-state index in [4.69, 9.17) is 14.2 Å². The number of aryl methyl sites for hydroxylation is 1. The fourth-order valence-electron chi connectivity index (χ4n) is 2.97. The molecule has 146 valence electrons. The Bertz CT molecular complexity index is 1070. The third kappa shape index (κ3) is 3.74. The van der Waals surface area contributed by atoms with Gasteiger partial charge in [-0.2, -0.15) is 16.8 Å². The number of benzene rings is 2. The van der Waals surface area contributed by atoms with Crippen LogP contribution < -0.4 is 19.0 Å². The van der Waals surface area contributed by atoms with Gasteiger partial charge in [0.05, 0.1) is 17.3 Å². The number of amides is 1. The number of aromatic nitrogens is 1. The second kappa shape index (κ2) is 8.28. The van der Waals surface area contributed by atoms with Crippen molar-refractivity contribution in [2.45, 2.75) is 12.6 Å². The summed E-state index contributed by atoms with van der Waals surface area (Å²) in [7, 11) is 1.64. The summed E-state index contributed by atoms with van der Waals surface area (Å²) in [6.45, 7) is 0.924. The Balaban J connectivity index is 1.68. The second-order valence-corrected chi connectivity index (χ2v) is 8.17. The van der Waals surface area contributed by atoms with Gasteiger partial charge in [0.2, 0.25) is 6.10 Å². The number of thiazole rings is 1. The number of carbonyl (C=O) groups is 1. The van der Waals surface area contributed by atoms with Crippen molar-refractivity contribution in [1.82, 2.24) is 4.57 Å². The third-order valence-electron chi connectivity index (χ3n) is 4.40. The number of hydrogen-bond donors (Lipinski definition) is 0. The molecule has 1 amide bonds. The zero-order valence-corrected chi connectivity index (χ0v) is 17.2. The first kappa shape index (κ1) is 18.9.